The lowest BCUT2D eigenvalue weighted by Crippen LogP contribution is -2.57. The van der Waals surface area contributed by atoms with Crippen LogP contribution >= 0.6 is 0 Å². The van der Waals surface area contributed by atoms with Crippen molar-refractivity contribution >= 4 is 11.9 Å². The number of aromatic nitrogens is 1. The van der Waals surface area contributed by atoms with Crippen LogP contribution < -0.4 is 20.3 Å². The first kappa shape index (κ1) is 25.2. The molecule has 1 aromatic carbocycles. The van der Waals surface area contributed by atoms with Gasteiger partial charge in [0.25, 0.3) is 5.56 Å². The van der Waals surface area contributed by atoms with Gasteiger partial charge in [0.2, 0.25) is 5.91 Å². The van der Waals surface area contributed by atoms with Gasteiger partial charge in [-0.2, -0.15) is 0 Å². The molecule has 198 valence electrons. The van der Waals surface area contributed by atoms with E-state index >= 15 is 0 Å². The summed E-state index contributed by atoms with van der Waals surface area (Å²) in [6, 6.07) is 8.47. The molecule has 0 saturated carbocycles. The van der Waals surface area contributed by atoms with Crippen molar-refractivity contribution in [3.8, 4) is 11.5 Å². The van der Waals surface area contributed by atoms with Gasteiger partial charge >= 0.3 is 6.03 Å². The fourth-order valence-corrected chi connectivity index (χ4v) is 6.07. The Morgan fingerprint density at radius 1 is 1.00 bits per heavy atom. The second-order valence-corrected chi connectivity index (χ2v) is 10.8. The number of piperidine rings is 1. The Hall–Kier alpha value is -3.49. The number of carbonyl (C=O) groups is 2. The van der Waals surface area contributed by atoms with Gasteiger partial charge in [0, 0.05) is 50.4 Å². The van der Waals surface area contributed by atoms with Crippen molar-refractivity contribution in [1.82, 2.24) is 19.7 Å². The van der Waals surface area contributed by atoms with Gasteiger partial charge in [-0.1, -0.05) is 19.9 Å². The number of fused-ring (bicyclic) bond motifs is 5. The molecule has 0 spiro atoms. The topological polar surface area (TPSA) is 93.1 Å². The highest BCUT2D eigenvalue weighted by Gasteiger charge is 2.38. The van der Waals surface area contributed by atoms with E-state index in [0.29, 0.717) is 50.6 Å². The first-order valence-electron chi connectivity index (χ1n) is 13.1. The molecular formula is C28H36N4O5. The van der Waals surface area contributed by atoms with Crippen LogP contribution in [0.25, 0.3) is 0 Å². The second-order valence-electron chi connectivity index (χ2n) is 10.8. The minimum Gasteiger partial charge on any atom is -0.493 e. The van der Waals surface area contributed by atoms with Gasteiger partial charge in [0.05, 0.1) is 14.2 Å². The van der Waals surface area contributed by atoms with Gasteiger partial charge in [0.15, 0.2) is 11.5 Å². The number of amides is 3. The molecule has 2 bridgehead atoms. The highest BCUT2D eigenvalue weighted by molar-refractivity contribution is 5.87. The number of hydrogen-bond donors (Lipinski definition) is 1. The summed E-state index contributed by atoms with van der Waals surface area (Å²) < 4.78 is 12.7. The van der Waals surface area contributed by atoms with E-state index in [1.165, 1.54) is 0 Å². The van der Waals surface area contributed by atoms with Crippen molar-refractivity contribution in [2.45, 2.75) is 51.7 Å². The Bertz CT molecular complexity index is 1260. The predicted octanol–water partition coefficient (Wildman–Crippen LogP) is 2.60. The van der Waals surface area contributed by atoms with E-state index in [0.717, 1.165) is 23.2 Å². The van der Waals surface area contributed by atoms with Crippen LogP contribution in [0.1, 0.15) is 43.0 Å². The minimum atomic E-state index is -0.620. The maximum atomic E-state index is 13.6. The van der Waals surface area contributed by atoms with Gasteiger partial charge in [-0.3, -0.25) is 9.59 Å². The first-order chi connectivity index (χ1) is 17.8. The highest BCUT2D eigenvalue weighted by Crippen LogP contribution is 2.35. The van der Waals surface area contributed by atoms with Crippen molar-refractivity contribution < 1.29 is 19.1 Å². The molecule has 0 aliphatic carbocycles. The number of nitrogens with zero attached hydrogens (tertiary/aromatic N) is 3. The number of methoxy groups -OCH3 is 2. The first-order valence-corrected chi connectivity index (χ1v) is 13.1. The predicted molar refractivity (Wildman–Crippen MR) is 139 cm³/mol. The lowest BCUT2D eigenvalue weighted by molar-refractivity contribution is -0.135. The zero-order valence-electron chi connectivity index (χ0n) is 22.0. The monoisotopic (exact) mass is 508 g/mol. The Balaban J connectivity index is 1.28. The SMILES string of the molecule is COc1cc2c(cc1OC)CN(C(=O)C(NC(=O)N1C[C@H]3C[C@@H](C1)c1cccc(=O)n1C3)C(C)C)CC2. The number of urea groups is 1. The summed E-state index contributed by atoms with van der Waals surface area (Å²) in [6.45, 7) is 6.73. The molecule has 2 aromatic rings. The molecule has 1 saturated heterocycles. The van der Waals surface area contributed by atoms with E-state index in [1.54, 1.807) is 26.4 Å². The summed E-state index contributed by atoms with van der Waals surface area (Å²) >= 11 is 0. The highest BCUT2D eigenvalue weighted by atomic mass is 16.5. The van der Waals surface area contributed by atoms with Crippen molar-refractivity contribution in [3.05, 3.63) is 57.5 Å². The molecule has 1 unspecified atom stereocenters. The molecule has 5 rings (SSSR count). The summed E-state index contributed by atoms with van der Waals surface area (Å²) in [5.74, 6) is 1.56. The molecule has 37 heavy (non-hydrogen) atoms. The van der Waals surface area contributed by atoms with Crippen LogP contribution in [0.2, 0.25) is 0 Å². The molecule has 3 aliphatic heterocycles. The van der Waals surface area contributed by atoms with E-state index < -0.39 is 6.04 Å². The van der Waals surface area contributed by atoms with Gasteiger partial charge < -0.3 is 29.2 Å². The maximum absolute atomic E-state index is 13.6. The standard InChI is InChI=1S/C28H36N4O5/c1-17(2)26(27(34)30-9-8-19-11-23(36-3)24(37-4)12-20(19)15-30)29-28(35)31-13-18-10-21(16-31)22-6-5-7-25(33)32(22)14-18/h5-7,11-12,17-18,21,26H,8-10,13-16H2,1-4H3,(H,29,35)/t18-,21+,26?/m1/s1. The molecule has 1 fully saturated rings. The lowest BCUT2D eigenvalue weighted by Gasteiger charge is -2.43. The third kappa shape index (κ3) is 4.79. The number of carbonyl (C=O) groups excluding carboxylic acids is 2. The fraction of sp³-hybridized carbons (Fsp3) is 0.536. The van der Waals surface area contributed by atoms with Gasteiger partial charge in [-0.05, 0) is 54.0 Å². The molecule has 1 N–H and O–H groups in total. The number of pyridine rings is 1. The maximum Gasteiger partial charge on any atom is 0.318 e. The molecule has 4 heterocycles. The molecule has 3 aliphatic rings. The Morgan fingerprint density at radius 3 is 2.43 bits per heavy atom. The summed E-state index contributed by atoms with van der Waals surface area (Å²) in [5, 5.41) is 3.06. The summed E-state index contributed by atoms with van der Waals surface area (Å²) in [4.78, 5) is 43.0. The third-order valence-corrected chi connectivity index (χ3v) is 8.01. The molecule has 9 heteroatoms. The van der Waals surface area contributed by atoms with Crippen LogP contribution in [0.5, 0.6) is 11.5 Å². The molecule has 0 radical (unpaired) electrons. The Labute approximate surface area is 217 Å². The van der Waals surface area contributed by atoms with Crippen molar-refractivity contribution in [3.63, 3.8) is 0 Å². The molecular weight excluding hydrogens is 472 g/mol. The van der Waals surface area contributed by atoms with E-state index in [-0.39, 0.29) is 35.3 Å². The third-order valence-electron chi connectivity index (χ3n) is 8.01. The molecule has 3 amide bonds. The average molecular weight is 509 g/mol. The zero-order chi connectivity index (χ0) is 26.3. The molecule has 1 aromatic heterocycles. The minimum absolute atomic E-state index is 0.0229. The Kier molecular flexibility index (Phi) is 6.88. The van der Waals surface area contributed by atoms with Crippen molar-refractivity contribution in [1.29, 1.82) is 0 Å². The zero-order valence-corrected chi connectivity index (χ0v) is 22.0. The number of likely N-dealkylation sites (tertiary alicyclic amines) is 1. The van der Waals surface area contributed by atoms with Crippen molar-refractivity contribution in [2.75, 3.05) is 33.9 Å². The number of ether oxygens (including phenoxy) is 2. The quantitative estimate of drug-likeness (QED) is 0.670. The van der Waals surface area contributed by atoms with E-state index in [1.807, 2.05) is 46.4 Å². The normalized spacial score (nSPS) is 21.1. The van der Waals surface area contributed by atoms with E-state index in [2.05, 4.69) is 5.32 Å². The molecule has 9 nitrogen and oxygen atoms in total. The number of hydrogen-bond acceptors (Lipinski definition) is 5. The van der Waals surface area contributed by atoms with Crippen LogP contribution in [-0.4, -0.2) is 66.2 Å². The Morgan fingerprint density at radius 2 is 1.73 bits per heavy atom. The van der Waals surface area contributed by atoms with Crippen LogP contribution in [0.3, 0.4) is 0 Å². The number of rotatable bonds is 5. The summed E-state index contributed by atoms with van der Waals surface area (Å²) in [5.41, 5.74) is 3.20. The van der Waals surface area contributed by atoms with Gasteiger partial charge in [0.1, 0.15) is 6.04 Å². The lowest BCUT2D eigenvalue weighted by atomic mass is 9.83. The summed E-state index contributed by atoms with van der Waals surface area (Å²) in [6.07, 6.45) is 1.69. The fourth-order valence-electron chi connectivity index (χ4n) is 6.07. The van der Waals surface area contributed by atoms with E-state index in [9.17, 15) is 14.4 Å². The van der Waals surface area contributed by atoms with Crippen molar-refractivity contribution in [2.24, 2.45) is 11.8 Å². The van der Waals surface area contributed by atoms with Crippen LogP contribution in [-0.2, 0) is 24.3 Å². The number of benzene rings is 1. The van der Waals surface area contributed by atoms with E-state index in [4.69, 9.17) is 9.47 Å². The second kappa shape index (κ2) is 10.1. The van der Waals surface area contributed by atoms with Crippen LogP contribution in [0, 0.1) is 11.8 Å². The molecule has 3 atom stereocenters. The van der Waals surface area contributed by atoms with Gasteiger partial charge in [-0.25, -0.2) is 4.79 Å². The van der Waals surface area contributed by atoms with Crippen LogP contribution in [0.4, 0.5) is 4.79 Å². The van der Waals surface area contributed by atoms with Crippen LogP contribution in [0.15, 0.2) is 35.1 Å². The largest absolute Gasteiger partial charge is 0.493 e. The summed E-state index contributed by atoms with van der Waals surface area (Å²) in [7, 11) is 3.22. The van der Waals surface area contributed by atoms with Gasteiger partial charge in [-0.15, -0.1) is 0 Å². The smallest absolute Gasteiger partial charge is 0.318 e. The average Bonchev–Trinajstić information content (AvgIpc) is 2.90. The number of nitrogens with one attached hydrogen (secondary N) is 1.